The molecule has 0 saturated carbocycles. The zero-order chi connectivity index (χ0) is 41.1. The molecule has 0 spiro atoms. The Labute approximate surface area is 363 Å². The lowest BCUT2D eigenvalue weighted by molar-refractivity contribution is 0.660. The van der Waals surface area contributed by atoms with Gasteiger partial charge in [-0.3, -0.25) is 0 Å². The molecule has 292 valence electrons. The third kappa shape index (κ3) is 5.09. The van der Waals surface area contributed by atoms with Crippen LogP contribution in [0.2, 0.25) is 0 Å². The van der Waals surface area contributed by atoms with Gasteiger partial charge in [0.15, 0.2) is 0 Å². The Morgan fingerprint density at radius 1 is 0.435 bits per heavy atom. The number of thiophene rings is 1. The van der Waals surface area contributed by atoms with E-state index in [1.54, 1.807) is 0 Å². The van der Waals surface area contributed by atoms with E-state index in [4.69, 9.17) is 4.42 Å². The van der Waals surface area contributed by atoms with Crippen molar-refractivity contribution in [2.75, 3.05) is 4.90 Å². The Hall–Kier alpha value is -7.46. The molecule has 0 aliphatic heterocycles. The summed E-state index contributed by atoms with van der Waals surface area (Å²) >= 11 is 1.86. The van der Waals surface area contributed by atoms with Crippen LogP contribution in [0.15, 0.2) is 205 Å². The van der Waals surface area contributed by atoms with E-state index < -0.39 is 0 Å². The molecule has 0 radical (unpaired) electrons. The molecular formula is C59H39NOS. The summed E-state index contributed by atoms with van der Waals surface area (Å²) in [6, 6.07) is 73.6. The predicted molar refractivity (Wildman–Crippen MR) is 265 cm³/mol. The lowest BCUT2D eigenvalue weighted by Crippen LogP contribution is -2.16. The van der Waals surface area contributed by atoms with Crippen molar-refractivity contribution in [3.63, 3.8) is 0 Å². The van der Waals surface area contributed by atoms with Gasteiger partial charge in [0.25, 0.3) is 0 Å². The van der Waals surface area contributed by atoms with Crippen LogP contribution in [0.1, 0.15) is 25.0 Å². The molecule has 0 saturated heterocycles. The van der Waals surface area contributed by atoms with Gasteiger partial charge >= 0.3 is 0 Å². The number of anilines is 3. The quantitative estimate of drug-likeness (QED) is 0.161. The van der Waals surface area contributed by atoms with Crippen LogP contribution >= 0.6 is 11.3 Å². The molecular weight excluding hydrogens is 771 g/mol. The SMILES string of the molecule is CC1(C)c2ccccc2-c2c(N(c3ccc(-c4ccc5sc6ccccc6c5c4)cc3)c3ccc(-c4cc5ccccc5c5ccccc45)c4oc5ccccc5c34)cccc21. The molecule has 2 aromatic heterocycles. The number of hydrogen-bond acceptors (Lipinski definition) is 3. The number of nitrogens with zero attached hydrogens (tertiary/aromatic N) is 1. The van der Waals surface area contributed by atoms with Crippen molar-refractivity contribution in [3.8, 4) is 33.4 Å². The number of hydrogen-bond donors (Lipinski definition) is 0. The van der Waals surface area contributed by atoms with Crippen LogP contribution in [-0.2, 0) is 5.41 Å². The molecule has 13 rings (SSSR count). The Morgan fingerprint density at radius 3 is 1.98 bits per heavy atom. The minimum Gasteiger partial charge on any atom is -0.455 e. The van der Waals surface area contributed by atoms with Gasteiger partial charge in [-0.15, -0.1) is 11.3 Å². The van der Waals surface area contributed by atoms with Crippen LogP contribution in [-0.4, -0.2) is 0 Å². The summed E-state index contributed by atoms with van der Waals surface area (Å²) in [6.07, 6.45) is 0. The van der Waals surface area contributed by atoms with E-state index in [1.807, 2.05) is 11.3 Å². The first-order chi connectivity index (χ1) is 30.5. The van der Waals surface area contributed by atoms with E-state index in [0.29, 0.717) is 0 Å². The van der Waals surface area contributed by atoms with E-state index in [2.05, 4.69) is 219 Å². The molecule has 0 bridgehead atoms. The first kappa shape index (κ1) is 35.3. The van der Waals surface area contributed by atoms with Crippen molar-refractivity contribution < 1.29 is 4.42 Å². The van der Waals surface area contributed by atoms with Crippen molar-refractivity contribution in [2.24, 2.45) is 0 Å². The highest BCUT2D eigenvalue weighted by molar-refractivity contribution is 7.25. The molecule has 0 amide bonds. The number of benzene rings is 10. The summed E-state index contributed by atoms with van der Waals surface area (Å²) in [6.45, 7) is 4.72. The number of fused-ring (bicyclic) bond motifs is 12. The first-order valence-electron chi connectivity index (χ1n) is 21.4. The molecule has 10 aromatic carbocycles. The van der Waals surface area contributed by atoms with E-state index in [1.165, 1.54) is 75.1 Å². The molecule has 0 N–H and O–H groups in total. The van der Waals surface area contributed by atoms with Crippen LogP contribution < -0.4 is 4.90 Å². The molecule has 62 heavy (non-hydrogen) atoms. The van der Waals surface area contributed by atoms with Gasteiger partial charge in [-0.2, -0.15) is 0 Å². The van der Waals surface area contributed by atoms with Gasteiger partial charge in [-0.1, -0.05) is 153 Å². The number of furan rings is 1. The minimum absolute atomic E-state index is 0.152. The molecule has 2 heterocycles. The molecule has 12 aromatic rings. The second-order valence-corrected chi connectivity index (χ2v) is 18.3. The summed E-state index contributed by atoms with van der Waals surface area (Å²) in [7, 11) is 0. The van der Waals surface area contributed by atoms with Gasteiger partial charge in [0.1, 0.15) is 11.2 Å². The predicted octanol–water partition coefficient (Wildman–Crippen LogP) is 17.4. The van der Waals surface area contributed by atoms with Gasteiger partial charge < -0.3 is 9.32 Å². The smallest absolute Gasteiger partial charge is 0.145 e. The minimum atomic E-state index is -0.152. The van der Waals surface area contributed by atoms with Gasteiger partial charge in [0.05, 0.1) is 16.8 Å². The fourth-order valence-corrected chi connectivity index (χ4v) is 11.6. The normalized spacial score (nSPS) is 13.1. The summed E-state index contributed by atoms with van der Waals surface area (Å²) in [5.74, 6) is 0. The summed E-state index contributed by atoms with van der Waals surface area (Å²) in [4.78, 5) is 2.49. The van der Waals surface area contributed by atoms with Crippen LogP contribution in [0.5, 0.6) is 0 Å². The Kier molecular flexibility index (Phi) is 7.56. The molecule has 0 atom stereocenters. The largest absolute Gasteiger partial charge is 0.455 e. The van der Waals surface area contributed by atoms with Crippen LogP contribution in [0.4, 0.5) is 17.1 Å². The highest BCUT2D eigenvalue weighted by atomic mass is 32.1. The Morgan fingerprint density at radius 2 is 1.11 bits per heavy atom. The van der Waals surface area contributed by atoms with E-state index in [9.17, 15) is 0 Å². The zero-order valence-corrected chi connectivity index (χ0v) is 35.1. The number of para-hydroxylation sites is 1. The van der Waals surface area contributed by atoms with Crippen molar-refractivity contribution in [1.82, 2.24) is 0 Å². The standard InChI is InChI=1S/C59H39NOS/c1-59(2)49-21-10-7-19-45(49)56-50(59)22-13-23-51(56)60(39-29-26-36(27-30-39)37-28-33-55-48(34-37)43-18-9-12-25-54(43)62-55)52-32-31-44(58-57(52)46-20-8-11-24-53(46)61-58)47-35-38-14-3-4-15-40(38)41-16-5-6-17-42(41)47/h3-35H,1-2H3. The topological polar surface area (TPSA) is 16.4 Å². The summed E-state index contributed by atoms with van der Waals surface area (Å²) < 4.78 is 9.69. The van der Waals surface area contributed by atoms with Crippen LogP contribution in [0.3, 0.4) is 0 Å². The average molecular weight is 810 g/mol. The van der Waals surface area contributed by atoms with Crippen molar-refractivity contribution in [1.29, 1.82) is 0 Å². The fourth-order valence-electron chi connectivity index (χ4n) is 10.5. The average Bonchev–Trinajstić information content (AvgIpc) is 3.97. The molecule has 0 fully saturated rings. The maximum atomic E-state index is 7.05. The lowest BCUT2D eigenvalue weighted by atomic mass is 9.82. The maximum Gasteiger partial charge on any atom is 0.145 e. The molecule has 0 unspecified atom stereocenters. The second kappa shape index (κ2) is 13.3. The van der Waals surface area contributed by atoms with Crippen LogP contribution in [0.25, 0.3) is 97.0 Å². The molecule has 3 heteroatoms. The number of rotatable bonds is 5. The van der Waals surface area contributed by atoms with Crippen molar-refractivity contribution in [3.05, 3.63) is 211 Å². The van der Waals surface area contributed by atoms with Gasteiger partial charge in [0, 0.05) is 47.8 Å². The maximum absolute atomic E-state index is 7.05. The van der Waals surface area contributed by atoms with Gasteiger partial charge in [-0.25, -0.2) is 0 Å². The lowest BCUT2D eigenvalue weighted by Gasteiger charge is -2.30. The second-order valence-electron chi connectivity index (χ2n) is 17.2. The van der Waals surface area contributed by atoms with Crippen LogP contribution in [0, 0.1) is 0 Å². The summed E-state index contributed by atoms with van der Waals surface area (Å²) in [5.41, 5.74) is 14.8. The molecule has 1 aliphatic rings. The Bertz CT molecular complexity index is 3790. The van der Waals surface area contributed by atoms with E-state index in [-0.39, 0.29) is 5.41 Å². The van der Waals surface area contributed by atoms with E-state index >= 15 is 0 Å². The highest BCUT2D eigenvalue weighted by Crippen LogP contribution is 2.56. The third-order valence-corrected chi connectivity index (χ3v) is 14.6. The van der Waals surface area contributed by atoms with Crippen molar-refractivity contribution in [2.45, 2.75) is 19.3 Å². The van der Waals surface area contributed by atoms with Gasteiger partial charge in [0.2, 0.25) is 0 Å². The Balaban J connectivity index is 1.07. The highest BCUT2D eigenvalue weighted by Gasteiger charge is 2.38. The zero-order valence-electron chi connectivity index (χ0n) is 34.3. The van der Waals surface area contributed by atoms with Crippen molar-refractivity contribution >= 4 is 92.1 Å². The monoisotopic (exact) mass is 809 g/mol. The summed E-state index contributed by atoms with van der Waals surface area (Å²) in [5, 5.41) is 9.73. The van der Waals surface area contributed by atoms with E-state index in [0.717, 1.165) is 50.1 Å². The van der Waals surface area contributed by atoms with Gasteiger partial charge in [-0.05, 0) is 116 Å². The third-order valence-electron chi connectivity index (χ3n) is 13.5. The fraction of sp³-hybridized carbons (Fsp3) is 0.0508. The first-order valence-corrected chi connectivity index (χ1v) is 22.2. The molecule has 1 aliphatic carbocycles. The molecule has 2 nitrogen and oxygen atoms in total.